The Morgan fingerprint density at radius 3 is 2.68 bits per heavy atom. The molecule has 4 nitrogen and oxygen atoms in total. The van der Waals surface area contributed by atoms with Crippen molar-refractivity contribution >= 4 is 11.9 Å². The first kappa shape index (κ1) is 12.1. The molecule has 1 aliphatic heterocycles. The molecule has 19 heavy (non-hydrogen) atoms. The van der Waals surface area contributed by atoms with Gasteiger partial charge in [0.1, 0.15) is 5.82 Å². The number of carboxylic acids is 1. The van der Waals surface area contributed by atoms with E-state index in [0.717, 1.165) is 12.8 Å². The van der Waals surface area contributed by atoms with Gasteiger partial charge in [-0.1, -0.05) is 12.1 Å². The number of aliphatic carboxylic acids is 1. The first-order valence-electron chi connectivity index (χ1n) is 6.37. The summed E-state index contributed by atoms with van der Waals surface area (Å²) in [5, 5.41) is 9.28. The highest BCUT2D eigenvalue weighted by molar-refractivity contribution is 5.87. The molecule has 0 aromatic heterocycles. The average Bonchev–Trinajstić information content (AvgIpc) is 3.12. The third-order valence-corrected chi connectivity index (χ3v) is 3.81. The van der Waals surface area contributed by atoms with Crippen LogP contribution in [0.5, 0.6) is 0 Å². The molecule has 3 rings (SSSR count). The molecule has 1 N–H and O–H groups in total. The predicted octanol–water partition coefficient (Wildman–Crippen LogP) is 1.96. The van der Waals surface area contributed by atoms with Crippen molar-refractivity contribution in [3.63, 3.8) is 0 Å². The van der Waals surface area contributed by atoms with Gasteiger partial charge in [-0.05, 0) is 30.5 Å². The lowest BCUT2D eigenvalue weighted by Gasteiger charge is -2.27. The summed E-state index contributed by atoms with van der Waals surface area (Å²) in [5.74, 6) is -2.32. The van der Waals surface area contributed by atoms with Gasteiger partial charge in [-0.15, -0.1) is 0 Å². The minimum atomic E-state index is -0.995. The Hall–Kier alpha value is -1.91. The number of carbonyl (C=O) groups is 2. The van der Waals surface area contributed by atoms with Crippen molar-refractivity contribution in [2.24, 2.45) is 5.92 Å². The van der Waals surface area contributed by atoms with Crippen molar-refractivity contribution in [1.29, 1.82) is 0 Å². The van der Waals surface area contributed by atoms with Crippen molar-refractivity contribution in [2.75, 3.05) is 0 Å². The molecule has 1 aromatic carbocycles. The summed E-state index contributed by atoms with van der Waals surface area (Å²) >= 11 is 0. The normalized spacial score (nSPS) is 26.8. The van der Waals surface area contributed by atoms with Crippen LogP contribution in [0.4, 0.5) is 4.39 Å². The van der Waals surface area contributed by atoms with E-state index in [2.05, 4.69) is 0 Å². The summed E-state index contributed by atoms with van der Waals surface area (Å²) in [6, 6.07) is 5.49. The van der Waals surface area contributed by atoms with Crippen LogP contribution in [0.1, 0.15) is 30.9 Å². The topological polar surface area (TPSA) is 57.6 Å². The summed E-state index contributed by atoms with van der Waals surface area (Å²) in [5.41, 5.74) is 0.574. The smallest absolute Gasteiger partial charge is 0.309 e. The molecular formula is C14H14FNO3. The minimum absolute atomic E-state index is 0.00696. The van der Waals surface area contributed by atoms with E-state index < -0.39 is 23.7 Å². The molecule has 0 bridgehead atoms. The van der Waals surface area contributed by atoms with E-state index in [9.17, 15) is 19.1 Å². The maximum Gasteiger partial charge on any atom is 0.309 e. The van der Waals surface area contributed by atoms with Gasteiger partial charge in [0.15, 0.2) is 0 Å². The number of carboxylic acid groups (broad SMARTS) is 1. The SMILES string of the molecule is O=C(O)C1CC(=O)N(C2CC2)C1c1cccc(F)c1. The fourth-order valence-corrected chi connectivity index (χ4v) is 2.84. The lowest BCUT2D eigenvalue weighted by molar-refractivity contribution is -0.142. The molecule has 1 heterocycles. The van der Waals surface area contributed by atoms with Crippen LogP contribution in [-0.4, -0.2) is 27.9 Å². The number of rotatable bonds is 3. The van der Waals surface area contributed by atoms with Gasteiger partial charge in [-0.25, -0.2) is 4.39 Å². The van der Waals surface area contributed by atoms with Gasteiger partial charge in [0.2, 0.25) is 5.91 Å². The Balaban J connectivity index is 2.01. The van der Waals surface area contributed by atoms with E-state index >= 15 is 0 Å². The van der Waals surface area contributed by atoms with Crippen LogP contribution in [-0.2, 0) is 9.59 Å². The highest BCUT2D eigenvalue weighted by atomic mass is 19.1. The zero-order valence-corrected chi connectivity index (χ0v) is 10.3. The Morgan fingerprint density at radius 2 is 2.11 bits per heavy atom. The van der Waals surface area contributed by atoms with Crippen LogP contribution < -0.4 is 0 Å². The van der Waals surface area contributed by atoms with Gasteiger partial charge in [0.05, 0.1) is 12.0 Å². The van der Waals surface area contributed by atoms with Crippen molar-refractivity contribution in [3.8, 4) is 0 Å². The lowest BCUT2D eigenvalue weighted by Crippen LogP contribution is -2.32. The minimum Gasteiger partial charge on any atom is -0.481 e. The third kappa shape index (κ3) is 2.09. The fourth-order valence-electron chi connectivity index (χ4n) is 2.84. The van der Waals surface area contributed by atoms with Crippen LogP contribution in [0.25, 0.3) is 0 Å². The Bertz CT molecular complexity index is 541. The van der Waals surface area contributed by atoms with Crippen LogP contribution >= 0.6 is 0 Å². The van der Waals surface area contributed by atoms with Crippen LogP contribution in [0.2, 0.25) is 0 Å². The highest BCUT2D eigenvalue weighted by Crippen LogP contribution is 2.45. The van der Waals surface area contributed by atoms with Gasteiger partial charge >= 0.3 is 5.97 Å². The van der Waals surface area contributed by atoms with Crippen LogP contribution in [0.15, 0.2) is 24.3 Å². The quantitative estimate of drug-likeness (QED) is 0.907. The largest absolute Gasteiger partial charge is 0.481 e. The first-order chi connectivity index (χ1) is 9.08. The van der Waals surface area contributed by atoms with Crippen molar-refractivity contribution in [3.05, 3.63) is 35.6 Å². The Labute approximate surface area is 109 Å². The molecule has 100 valence electrons. The number of halogens is 1. The zero-order chi connectivity index (χ0) is 13.6. The molecule has 0 spiro atoms. The molecule has 0 radical (unpaired) electrons. The van der Waals surface area contributed by atoms with Crippen molar-refractivity contribution in [2.45, 2.75) is 31.3 Å². The number of benzene rings is 1. The summed E-state index contributed by atoms with van der Waals surface area (Å²) in [6.07, 6.45) is 1.82. The second-order valence-electron chi connectivity index (χ2n) is 5.18. The summed E-state index contributed by atoms with van der Waals surface area (Å²) < 4.78 is 13.3. The molecule has 2 atom stereocenters. The molecule has 2 aliphatic rings. The molecular weight excluding hydrogens is 249 g/mol. The van der Waals surface area contributed by atoms with Crippen molar-refractivity contribution in [1.82, 2.24) is 4.90 Å². The van der Waals surface area contributed by atoms with Gasteiger partial charge in [0.25, 0.3) is 0 Å². The summed E-state index contributed by atoms with van der Waals surface area (Å²) in [7, 11) is 0. The molecule has 2 unspecified atom stereocenters. The van der Waals surface area contributed by atoms with Crippen LogP contribution in [0, 0.1) is 11.7 Å². The fraction of sp³-hybridized carbons (Fsp3) is 0.429. The molecule has 1 amide bonds. The number of hydrogen-bond donors (Lipinski definition) is 1. The molecule has 1 saturated carbocycles. The Kier molecular flexibility index (Phi) is 2.77. The third-order valence-electron chi connectivity index (χ3n) is 3.81. The zero-order valence-electron chi connectivity index (χ0n) is 10.3. The van der Waals surface area contributed by atoms with Gasteiger partial charge in [-0.3, -0.25) is 9.59 Å². The standard InChI is InChI=1S/C14H14FNO3/c15-9-3-1-2-8(6-9)13-11(14(18)19)7-12(17)16(13)10-4-5-10/h1-3,6,10-11,13H,4-5,7H2,(H,18,19). The molecule has 1 saturated heterocycles. The molecule has 2 fully saturated rings. The predicted molar refractivity (Wildman–Crippen MR) is 64.8 cm³/mol. The summed E-state index contributed by atoms with van der Waals surface area (Å²) in [6.45, 7) is 0. The van der Waals surface area contributed by atoms with E-state index in [1.807, 2.05) is 0 Å². The van der Waals surface area contributed by atoms with E-state index in [0.29, 0.717) is 5.56 Å². The molecule has 1 aromatic rings. The van der Waals surface area contributed by atoms with Gasteiger partial charge in [0, 0.05) is 12.5 Å². The van der Waals surface area contributed by atoms with Gasteiger partial charge < -0.3 is 10.0 Å². The number of nitrogens with zero attached hydrogens (tertiary/aromatic N) is 1. The number of likely N-dealkylation sites (tertiary alicyclic amines) is 1. The van der Waals surface area contributed by atoms with E-state index in [-0.39, 0.29) is 18.4 Å². The van der Waals surface area contributed by atoms with Crippen LogP contribution in [0.3, 0.4) is 0 Å². The van der Waals surface area contributed by atoms with E-state index in [1.165, 1.54) is 12.1 Å². The first-order valence-corrected chi connectivity index (χ1v) is 6.37. The van der Waals surface area contributed by atoms with E-state index in [4.69, 9.17) is 0 Å². The number of amides is 1. The second kappa shape index (κ2) is 4.33. The molecule has 1 aliphatic carbocycles. The molecule has 5 heteroatoms. The highest BCUT2D eigenvalue weighted by Gasteiger charge is 2.49. The van der Waals surface area contributed by atoms with Gasteiger partial charge in [-0.2, -0.15) is 0 Å². The maximum atomic E-state index is 13.3. The second-order valence-corrected chi connectivity index (χ2v) is 5.18. The number of carbonyl (C=O) groups excluding carboxylic acids is 1. The van der Waals surface area contributed by atoms with E-state index in [1.54, 1.807) is 17.0 Å². The van der Waals surface area contributed by atoms with Crippen molar-refractivity contribution < 1.29 is 19.1 Å². The monoisotopic (exact) mass is 263 g/mol. The lowest BCUT2D eigenvalue weighted by atomic mass is 9.93. The summed E-state index contributed by atoms with van der Waals surface area (Å²) in [4.78, 5) is 25.0. The number of hydrogen-bond acceptors (Lipinski definition) is 2. The Morgan fingerprint density at radius 1 is 1.37 bits per heavy atom. The maximum absolute atomic E-state index is 13.3. The average molecular weight is 263 g/mol.